The molecule has 0 N–H and O–H groups in total. The van der Waals surface area contributed by atoms with Crippen LogP contribution in [0.4, 0.5) is 0 Å². The Labute approximate surface area is 77.7 Å². The van der Waals surface area contributed by atoms with Crippen LogP contribution in [0.5, 0.6) is 0 Å². The summed E-state index contributed by atoms with van der Waals surface area (Å²) in [6, 6.07) is 0. The van der Waals surface area contributed by atoms with Gasteiger partial charge in [-0.3, -0.25) is 4.67 Å². The summed E-state index contributed by atoms with van der Waals surface area (Å²) < 4.78 is 2.67. The Morgan fingerprint density at radius 3 is 2.08 bits per heavy atom. The number of hydrogen-bond acceptors (Lipinski definition) is 2. The fraction of sp³-hybridized carbons (Fsp3) is 1.00. The molecule has 1 aliphatic heterocycles. The molecule has 1 fully saturated rings. The molecule has 1 atom stereocenters. The van der Waals surface area contributed by atoms with E-state index in [0.29, 0.717) is 0 Å². The highest BCUT2D eigenvalue weighted by molar-refractivity contribution is 7.54. The molecule has 0 spiro atoms. The van der Waals surface area contributed by atoms with E-state index in [4.69, 9.17) is 0 Å². The van der Waals surface area contributed by atoms with Gasteiger partial charge in [0.05, 0.1) is 0 Å². The Balaban J connectivity index is 2.25. The first-order valence-corrected chi connectivity index (χ1v) is 6.89. The summed E-state index contributed by atoms with van der Waals surface area (Å²) in [5.74, 6) is 0. The summed E-state index contributed by atoms with van der Waals surface area (Å²) in [6.07, 6.45) is 1.35. The first-order chi connectivity index (χ1) is 5.77. The summed E-state index contributed by atoms with van der Waals surface area (Å²) in [4.78, 5) is 2.54. The van der Waals surface area contributed by atoms with Crippen LogP contribution in [0.1, 0.15) is 13.8 Å². The number of likely N-dealkylation sites (N-methyl/N-ethyl adjacent to an activating group) is 1. The molecular formula is C9H21N2P. The van der Waals surface area contributed by atoms with Crippen molar-refractivity contribution in [2.45, 2.75) is 13.8 Å². The predicted octanol–water partition coefficient (Wildman–Crippen LogP) is 1.67. The first-order valence-electron chi connectivity index (χ1n) is 4.96. The molecule has 12 heavy (non-hydrogen) atoms. The highest BCUT2D eigenvalue weighted by Gasteiger charge is 2.18. The van der Waals surface area contributed by atoms with E-state index in [1.807, 2.05) is 0 Å². The van der Waals surface area contributed by atoms with Crippen LogP contribution in [0.15, 0.2) is 0 Å². The molecule has 2 nitrogen and oxygen atoms in total. The third-order valence-electron chi connectivity index (χ3n) is 2.74. The maximum Gasteiger partial charge on any atom is 0.0149 e. The van der Waals surface area contributed by atoms with Crippen molar-refractivity contribution >= 4 is 8.07 Å². The zero-order chi connectivity index (χ0) is 8.97. The van der Waals surface area contributed by atoms with Crippen LogP contribution in [-0.2, 0) is 0 Å². The molecule has 0 aromatic rings. The number of piperazine rings is 1. The van der Waals surface area contributed by atoms with E-state index in [9.17, 15) is 0 Å². The Hall–Kier alpha value is 0.350. The minimum Gasteiger partial charge on any atom is -0.301 e. The molecule has 0 aromatic heterocycles. The average molecular weight is 188 g/mol. The molecule has 0 aromatic carbocycles. The third-order valence-corrected chi connectivity index (χ3v) is 5.02. The van der Waals surface area contributed by atoms with Crippen LogP contribution < -0.4 is 0 Å². The largest absolute Gasteiger partial charge is 0.301 e. The quantitative estimate of drug-likeness (QED) is 0.622. The van der Waals surface area contributed by atoms with Crippen molar-refractivity contribution in [2.24, 2.45) is 0 Å². The molecule has 1 aliphatic rings. The Bertz CT molecular complexity index is 122. The number of hydrogen-bond donors (Lipinski definition) is 0. The van der Waals surface area contributed by atoms with Gasteiger partial charge in [-0.1, -0.05) is 13.8 Å². The summed E-state index contributed by atoms with van der Waals surface area (Å²) in [6.45, 7) is 13.3. The van der Waals surface area contributed by atoms with Gasteiger partial charge in [0.15, 0.2) is 0 Å². The van der Waals surface area contributed by atoms with Gasteiger partial charge >= 0.3 is 0 Å². The number of nitrogens with zero attached hydrogens (tertiary/aromatic N) is 2. The van der Waals surface area contributed by atoms with Gasteiger partial charge in [0.2, 0.25) is 0 Å². The van der Waals surface area contributed by atoms with Crippen molar-refractivity contribution < 1.29 is 0 Å². The lowest BCUT2D eigenvalue weighted by atomic mass is 10.4. The minimum absolute atomic E-state index is 0.186. The van der Waals surface area contributed by atoms with Gasteiger partial charge in [-0.2, -0.15) is 0 Å². The van der Waals surface area contributed by atoms with Gasteiger partial charge in [-0.15, -0.1) is 0 Å². The second-order valence-electron chi connectivity index (χ2n) is 3.36. The van der Waals surface area contributed by atoms with Gasteiger partial charge in [-0.25, -0.2) is 0 Å². The molecule has 0 aliphatic carbocycles. The molecule has 3 heteroatoms. The zero-order valence-corrected chi connectivity index (χ0v) is 9.48. The molecular weight excluding hydrogens is 167 g/mol. The van der Waals surface area contributed by atoms with Crippen LogP contribution >= 0.6 is 8.07 Å². The first kappa shape index (κ1) is 10.4. The molecule has 1 unspecified atom stereocenters. The molecule has 1 rings (SSSR count). The number of rotatable bonds is 3. The second-order valence-corrected chi connectivity index (χ2v) is 5.88. The maximum atomic E-state index is 2.67. The SMILES string of the molecule is CCN1CCN(P(C)CC)CC1. The fourth-order valence-electron chi connectivity index (χ4n) is 1.59. The van der Waals surface area contributed by atoms with E-state index >= 15 is 0 Å². The van der Waals surface area contributed by atoms with Crippen LogP contribution in [0, 0.1) is 0 Å². The van der Waals surface area contributed by atoms with E-state index in [1.165, 1.54) is 38.9 Å². The zero-order valence-electron chi connectivity index (χ0n) is 8.58. The molecule has 0 bridgehead atoms. The fourth-order valence-corrected chi connectivity index (χ4v) is 2.86. The molecule has 72 valence electrons. The molecule has 0 saturated carbocycles. The normalized spacial score (nSPS) is 24.2. The van der Waals surface area contributed by atoms with E-state index in [-0.39, 0.29) is 8.07 Å². The van der Waals surface area contributed by atoms with Gasteiger partial charge in [0.25, 0.3) is 0 Å². The lowest BCUT2D eigenvalue weighted by Crippen LogP contribution is -2.43. The van der Waals surface area contributed by atoms with Crippen molar-refractivity contribution in [3.63, 3.8) is 0 Å². The van der Waals surface area contributed by atoms with Gasteiger partial charge in [-0.05, 0) is 27.4 Å². The van der Waals surface area contributed by atoms with Crippen LogP contribution in [0.3, 0.4) is 0 Å². The standard InChI is InChI=1S/C9H21N2P/c1-4-10-6-8-11(9-7-10)12(3)5-2/h4-9H2,1-3H3. The molecule has 0 amide bonds. The topological polar surface area (TPSA) is 6.48 Å². The lowest BCUT2D eigenvalue weighted by Gasteiger charge is -2.37. The molecule has 1 saturated heterocycles. The predicted molar refractivity (Wildman–Crippen MR) is 57.1 cm³/mol. The highest BCUT2D eigenvalue weighted by atomic mass is 31.1. The Kier molecular flexibility index (Phi) is 4.49. The summed E-state index contributed by atoms with van der Waals surface area (Å²) in [5.41, 5.74) is 0. The Morgan fingerprint density at radius 2 is 1.67 bits per heavy atom. The van der Waals surface area contributed by atoms with E-state index in [0.717, 1.165) is 0 Å². The van der Waals surface area contributed by atoms with Crippen LogP contribution in [0.2, 0.25) is 0 Å². The van der Waals surface area contributed by atoms with Crippen molar-refractivity contribution in [1.29, 1.82) is 0 Å². The van der Waals surface area contributed by atoms with Gasteiger partial charge < -0.3 is 4.90 Å². The van der Waals surface area contributed by atoms with E-state index < -0.39 is 0 Å². The van der Waals surface area contributed by atoms with Crippen molar-refractivity contribution in [3.05, 3.63) is 0 Å². The summed E-state index contributed by atoms with van der Waals surface area (Å²) in [7, 11) is 0.186. The van der Waals surface area contributed by atoms with Crippen LogP contribution in [-0.4, -0.2) is 55.1 Å². The Morgan fingerprint density at radius 1 is 1.08 bits per heavy atom. The second kappa shape index (κ2) is 5.16. The maximum absolute atomic E-state index is 2.67. The lowest BCUT2D eigenvalue weighted by molar-refractivity contribution is 0.201. The van der Waals surface area contributed by atoms with Crippen molar-refractivity contribution in [2.75, 3.05) is 45.6 Å². The van der Waals surface area contributed by atoms with Gasteiger partial charge in [0.1, 0.15) is 0 Å². The smallest absolute Gasteiger partial charge is 0.0149 e. The van der Waals surface area contributed by atoms with E-state index in [2.05, 4.69) is 30.1 Å². The van der Waals surface area contributed by atoms with Crippen molar-refractivity contribution in [1.82, 2.24) is 9.57 Å². The van der Waals surface area contributed by atoms with Crippen molar-refractivity contribution in [3.8, 4) is 0 Å². The van der Waals surface area contributed by atoms with Crippen LogP contribution in [0.25, 0.3) is 0 Å². The summed E-state index contributed by atoms with van der Waals surface area (Å²) in [5, 5.41) is 0. The monoisotopic (exact) mass is 188 g/mol. The summed E-state index contributed by atoms with van der Waals surface area (Å²) >= 11 is 0. The molecule has 0 radical (unpaired) electrons. The van der Waals surface area contributed by atoms with Gasteiger partial charge in [0, 0.05) is 26.2 Å². The van der Waals surface area contributed by atoms with E-state index in [1.54, 1.807) is 0 Å². The molecule has 1 heterocycles. The third kappa shape index (κ3) is 2.69. The average Bonchev–Trinajstić information content (AvgIpc) is 2.17. The minimum atomic E-state index is 0.186. The highest BCUT2D eigenvalue weighted by Crippen LogP contribution is 2.35.